The van der Waals surface area contributed by atoms with Crippen molar-refractivity contribution in [1.29, 1.82) is 0 Å². The van der Waals surface area contributed by atoms with Crippen LogP contribution in [0.25, 0.3) is 5.57 Å². The zero-order valence-electron chi connectivity index (χ0n) is 11.5. The Kier molecular flexibility index (Phi) is 6.70. The van der Waals surface area contributed by atoms with Crippen LogP contribution in [0.1, 0.15) is 32.3 Å². The highest BCUT2D eigenvalue weighted by atomic mass is 16.5. The summed E-state index contributed by atoms with van der Waals surface area (Å²) in [4.78, 5) is 0. The van der Waals surface area contributed by atoms with E-state index in [2.05, 4.69) is 19.1 Å². The molecule has 0 aliphatic carbocycles. The standard InChI is InChI=1S/C16H22O2/c1-4-5-6-7-12-18-13-14(2)15-8-10-16(17-3)11-9-15/h5-6,8-11,13H,4,7,12H2,1-3H3/b6-5-,14-13+. The minimum Gasteiger partial charge on any atom is -0.501 e. The predicted octanol–water partition coefficient (Wildman–Crippen LogP) is 4.43. The number of ether oxygens (including phenoxy) is 2. The molecular formula is C16H22O2. The first-order chi connectivity index (χ1) is 8.77. The molecule has 2 heteroatoms. The molecule has 0 amide bonds. The molecule has 0 radical (unpaired) electrons. The third kappa shape index (κ3) is 5.09. The van der Waals surface area contributed by atoms with Crippen LogP contribution in [0.5, 0.6) is 5.75 Å². The lowest BCUT2D eigenvalue weighted by atomic mass is 10.1. The molecule has 0 aliphatic rings. The minimum absolute atomic E-state index is 0.726. The van der Waals surface area contributed by atoms with E-state index in [4.69, 9.17) is 9.47 Å². The van der Waals surface area contributed by atoms with Gasteiger partial charge >= 0.3 is 0 Å². The van der Waals surface area contributed by atoms with Crippen molar-refractivity contribution in [3.63, 3.8) is 0 Å². The van der Waals surface area contributed by atoms with Crippen LogP contribution in [0.3, 0.4) is 0 Å². The maximum atomic E-state index is 5.51. The Morgan fingerprint density at radius 3 is 2.50 bits per heavy atom. The number of allylic oxidation sites excluding steroid dienone is 2. The van der Waals surface area contributed by atoms with Gasteiger partial charge in [-0.25, -0.2) is 0 Å². The molecule has 1 aromatic carbocycles. The quantitative estimate of drug-likeness (QED) is 0.402. The van der Waals surface area contributed by atoms with E-state index < -0.39 is 0 Å². The number of rotatable bonds is 7. The summed E-state index contributed by atoms with van der Waals surface area (Å²) in [5, 5.41) is 0. The second kappa shape index (κ2) is 8.40. The van der Waals surface area contributed by atoms with Crippen molar-refractivity contribution in [1.82, 2.24) is 0 Å². The Balaban J connectivity index is 2.42. The molecule has 0 unspecified atom stereocenters. The molecule has 0 saturated carbocycles. The molecule has 0 atom stereocenters. The lowest BCUT2D eigenvalue weighted by Crippen LogP contribution is -1.88. The first kappa shape index (κ1) is 14.4. The molecular weight excluding hydrogens is 224 g/mol. The summed E-state index contributed by atoms with van der Waals surface area (Å²) in [5.41, 5.74) is 2.28. The fourth-order valence-corrected chi connectivity index (χ4v) is 1.53. The molecule has 18 heavy (non-hydrogen) atoms. The Morgan fingerprint density at radius 2 is 1.89 bits per heavy atom. The number of benzene rings is 1. The Bertz CT molecular complexity index is 388. The van der Waals surface area contributed by atoms with E-state index in [1.54, 1.807) is 7.11 Å². The molecule has 0 spiro atoms. The fourth-order valence-electron chi connectivity index (χ4n) is 1.53. The maximum absolute atomic E-state index is 5.51. The third-order valence-corrected chi connectivity index (χ3v) is 2.61. The van der Waals surface area contributed by atoms with E-state index in [1.807, 2.05) is 37.5 Å². The summed E-state index contributed by atoms with van der Waals surface area (Å²) in [6.45, 7) is 4.90. The Morgan fingerprint density at radius 1 is 1.17 bits per heavy atom. The van der Waals surface area contributed by atoms with Crippen molar-refractivity contribution in [2.45, 2.75) is 26.7 Å². The Labute approximate surface area is 110 Å². The van der Waals surface area contributed by atoms with Crippen molar-refractivity contribution < 1.29 is 9.47 Å². The fraction of sp³-hybridized carbons (Fsp3) is 0.375. The van der Waals surface area contributed by atoms with E-state index in [-0.39, 0.29) is 0 Å². The molecule has 0 heterocycles. The molecule has 0 bridgehead atoms. The highest BCUT2D eigenvalue weighted by molar-refractivity contribution is 5.63. The van der Waals surface area contributed by atoms with Gasteiger partial charge in [-0.3, -0.25) is 0 Å². The van der Waals surface area contributed by atoms with Crippen LogP contribution in [-0.4, -0.2) is 13.7 Å². The number of hydrogen-bond acceptors (Lipinski definition) is 2. The van der Waals surface area contributed by atoms with E-state index >= 15 is 0 Å². The molecule has 0 aliphatic heterocycles. The summed E-state index contributed by atoms with van der Waals surface area (Å²) < 4.78 is 10.6. The van der Waals surface area contributed by atoms with Gasteiger partial charge in [-0.15, -0.1) is 0 Å². The molecule has 1 rings (SSSR count). The van der Waals surface area contributed by atoms with Gasteiger partial charge in [0, 0.05) is 0 Å². The van der Waals surface area contributed by atoms with E-state index in [0.29, 0.717) is 0 Å². The number of hydrogen-bond donors (Lipinski definition) is 0. The lowest BCUT2D eigenvalue weighted by Gasteiger charge is -2.04. The van der Waals surface area contributed by atoms with Gasteiger partial charge in [-0.05, 0) is 43.0 Å². The molecule has 0 aromatic heterocycles. The van der Waals surface area contributed by atoms with Gasteiger partial charge in [0.25, 0.3) is 0 Å². The summed E-state index contributed by atoms with van der Waals surface area (Å²) in [7, 11) is 1.67. The highest BCUT2D eigenvalue weighted by Gasteiger charge is 1.96. The number of methoxy groups -OCH3 is 1. The van der Waals surface area contributed by atoms with E-state index in [1.165, 1.54) is 0 Å². The molecule has 0 N–H and O–H groups in total. The van der Waals surface area contributed by atoms with Gasteiger partial charge in [-0.1, -0.05) is 31.2 Å². The predicted molar refractivity (Wildman–Crippen MR) is 76.6 cm³/mol. The monoisotopic (exact) mass is 246 g/mol. The first-order valence-electron chi connectivity index (χ1n) is 6.35. The van der Waals surface area contributed by atoms with E-state index in [0.717, 1.165) is 36.3 Å². The van der Waals surface area contributed by atoms with E-state index in [9.17, 15) is 0 Å². The van der Waals surface area contributed by atoms with Gasteiger partial charge in [0.05, 0.1) is 20.0 Å². The maximum Gasteiger partial charge on any atom is 0.118 e. The second-order valence-corrected chi connectivity index (χ2v) is 4.07. The van der Waals surface area contributed by atoms with Crippen molar-refractivity contribution in [3.8, 4) is 5.75 Å². The molecule has 0 fully saturated rings. The summed E-state index contributed by atoms with van der Waals surface area (Å²) in [6, 6.07) is 7.98. The zero-order chi connectivity index (χ0) is 13.2. The van der Waals surface area contributed by atoms with Crippen LogP contribution in [0.2, 0.25) is 0 Å². The minimum atomic E-state index is 0.726. The summed E-state index contributed by atoms with van der Waals surface area (Å²) in [6.07, 6.45) is 8.17. The molecule has 1 aromatic rings. The van der Waals surface area contributed by atoms with Crippen molar-refractivity contribution >= 4 is 5.57 Å². The third-order valence-electron chi connectivity index (χ3n) is 2.61. The van der Waals surface area contributed by atoms with Gasteiger partial charge in [0.2, 0.25) is 0 Å². The van der Waals surface area contributed by atoms with Gasteiger partial charge in [0.15, 0.2) is 0 Å². The topological polar surface area (TPSA) is 18.5 Å². The van der Waals surface area contributed by atoms with Crippen LogP contribution in [-0.2, 0) is 4.74 Å². The SMILES string of the molecule is CC/C=C\CCO/C=C(\C)c1ccc(OC)cc1. The Hall–Kier alpha value is -1.70. The first-order valence-corrected chi connectivity index (χ1v) is 6.35. The largest absolute Gasteiger partial charge is 0.501 e. The van der Waals surface area contributed by atoms with Crippen LogP contribution >= 0.6 is 0 Å². The zero-order valence-corrected chi connectivity index (χ0v) is 11.5. The van der Waals surface area contributed by atoms with Crippen molar-refractivity contribution in [2.24, 2.45) is 0 Å². The van der Waals surface area contributed by atoms with Crippen LogP contribution in [0.4, 0.5) is 0 Å². The average Bonchev–Trinajstić information content (AvgIpc) is 2.42. The van der Waals surface area contributed by atoms with Crippen LogP contribution in [0.15, 0.2) is 42.7 Å². The van der Waals surface area contributed by atoms with Crippen LogP contribution in [0, 0.1) is 0 Å². The van der Waals surface area contributed by atoms with Gasteiger partial charge in [-0.2, -0.15) is 0 Å². The second-order valence-electron chi connectivity index (χ2n) is 4.07. The summed E-state index contributed by atoms with van der Waals surface area (Å²) in [5.74, 6) is 0.872. The smallest absolute Gasteiger partial charge is 0.118 e. The molecule has 98 valence electrons. The van der Waals surface area contributed by atoms with Gasteiger partial charge < -0.3 is 9.47 Å². The van der Waals surface area contributed by atoms with Crippen LogP contribution < -0.4 is 4.74 Å². The lowest BCUT2D eigenvalue weighted by molar-refractivity contribution is 0.257. The normalized spacial score (nSPS) is 11.8. The molecule has 2 nitrogen and oxygen atoms in total. The molecule has 0 saturated heterocycles. The van der Waals surface area contributed by atoms with Crippen molar-refractivity contribution in [3.05, 3.63) is 48.2 Å². The average molecular weight is 246 g/mol. The summed E-state index contributed by atoms with van der Waals surface area (Å²) >= 11 is 0. The highest BCUT2D eigenvalue weighted by Crippen LogP contribution is 2.18. The van der Waals surface area contributed by atoms with Crippen molar-refractivity contribution in [2.75, 3.05) is 13.7 Å². The van der Waals surface area contributed by atoms with Gasteiger partial charge in [0.1, 0.15) is 5.75 Å².